The lowest BCUT2D eigenvalue weighted by molar-refractivity contribution is -0.140. The van der Waals surface area contributed by atoms with Crippen molar-refractivity contribution >= 4 is 50.9 Å². The average Bonchev–Trinajstić information content (AvgIpc) is 2.85. The number of hydrogen-bond acceptors (Lipinski definition) is 4. The van der Waals surface area contributed by atoms with E-state index in [-0.39, 0.29) is 12.5 Å². The summed E-state index contributed by atoms with van der Waals surface area (Å²) in [5.41, 5.74) is 2.55. The molecule has 0 saturated carbocycles. The number of aryl methyl sites for hydroxylation is 2. The molecule has 2 amide bonds. The van der Waals surface area contributed by atoms with Crippen molar-refractivity contribution in [2.24, 2.45) is 0 Å². The van der Waals surface area contributed by atoms with Crippen molar-refractivity contribution in [2.45, 2.75) is 59.5 Å². The maximum absolute atomic E-state index is 14.0. The Labute approximate surface area is 237 Å². The van der Waals surface area contributed by atoms with Gasteiger partial charge < -0.3 is 10.2 Å². The average molecular weight is 586 g/mol. The number of carbonyl (C=O) groups excluding carboxylic acids is 2. The van der Waals surface area contributed by atoms with E-state index >= 15 is 0 Å². The van der Waals surface area contributed by atoms with Crippen molar-refractivity contribution in [3.63, 3.8) is 0 Å². The summed E-state index contributed by atoms with van der Waals surface area (Å²) in [4.78, 5) is 28.5. The SMILES string of the molecule is CCCCNC(=O)[C@H](CC)N(Cc1ccc(Cl)cc1Cl)C(=O)CN(c1cc(C)ccc1C)S(=O)(=O)N(C)C. The molecule has 2 aromatic rings. The zero-order valence-electron chi connectivity index (χ0n) is 22.9. The van der Waals surface area contributed by atoms with E-state index in [1.54, 1.807) is 31.2 Å². The number of unbranched alkanes of at least 4 members (excludes halogenated alkanes) is 1. The fourth-order valence-corrected chi connectivity index (χ4v) is 5.53. The van der Waals surface area contributed by atoms with Crippen molar-refractivity contribution in [3.8, 4) is 0 Å². The van der Waals surface area contributed by atoms with Crippen LogP contribution in [0.4, 0.5) is 5.69 Å². The highest BCUT2D eigenvalue weighted by Gasteiger charge is 2.34. The van der Waals surface area contributed by atoms with Crippen molar-refractivity contribution in [2.75, 3.05) is 31.5 Å². The standard InChI is InChI=1S/C27H38Cl2N4O4S/c1-7-9-14-30-27(35)24(8-2)32(17-21-12-13-22(28)16-23(21)29)26(34)18-33(38(36,37)31(5)6)25-15-19(3)10-11-20(25)4/h10-13,15-16,24H,7-9,14,17-18H2,1-6H3,(H,30,35)/t24-/m0/s1. The van der Waals surface area contributed by atoms with Gasteiger partial charge in [0.2, 0.25) is 11.8 Å². The summed E-state index contributed by atoms with van der Waals surface area (Å²) in [6, 6.07) is 9.53. The third-order valence-corrected chi connectivity index (χ3v) is 8.62. The Hall–Kier alpha value is -2.33. The quantitative estimate of drug-likeness (QED) is 0.337. The van der Waals surface area contributed by atoms with Gasteiger partial charge >= 0.3 is 10.2 Å². The van der Waals surface area contributed by atoms with Crippen LogP contribution in [0.15, 0.2) is 36.4 Å². The second-order valence-corrected chi connectivity index (χ2v) is 12.3. The van der Waals surface area contributed by atoms with E-state index in [4.69, 9.17) is 23.2 Å². The smallest absolute Gasteiger partial charge is 0.304 e. The molecular formula is C27H38Cl2N4O4S. The van der Waals surface area contributed by atoms with Crippen molar-refractivity contribution < 1.29 is 18.0 Å². The molecule has 0 saturated heterocycles. The summed E-state index contributed by atoms with van der Waals surface area (Å²) < 4.78 is 29.0. The molecule has 8 nitrogen and oxygen atoms in total. The van der Waals surface area contributed by atoms with Gasteiger partial charge in [-0.3, -0.25) is 9.59 Å². The Balaban J connectivity index is 2.55. The number of nitrogens with one attached hydrogen (secondary N) is 1. The first kappa shape index (κ1) is 31.9. The van der Waals surface area contributed by atoms with Crippen LogP contribution >= 0.6 is 23.2 Å². The van der Waals surface area contributed by atoms with Crippen LogP contribution in [0.2, 0.25) is 10.0 Å². The molecule has 0 aliphatic heterocycles. The van der Waals surface area contributed by atoms with Gasteiger partial charge in [-0.15, -0.1) is 0 Å². The molecule has 0 radical (unpaired) electrons. The molecule has 11 heteroatoms. The predicted octanol–water partition coefficient (Wildman–Crippen LogP) is 4.95. The van der Waals surface area contributed by atoms with Crippen molar-refractivity contribution in [3.05, 3.63) is 63.1 Å². The molecule has 1 atom stereocenters. The van der Waals surface area contributed by atoms with Crippen LogP contribution in [-0.4, -0.2) is 62.7 Å². The zero-order chi connectivity index (χ0) is 28.6. The van der Waals surface area contributed by atoms with Gasteiger partial charge in [-0.05, 0) is 61.6 Å². The van der Waals surface area contributed by atoms with E-state index in [1.165, 1.54) is 19.0 Å². The van der Waals surface area contributed by atoms with E-state index < -0.39 is 28.7 Å². The molecule has 38 heavy (non-hydrogen) atoms. The molecule has 210 valence electrons. The maximum Gasteiger partial charge on any atom is 0.304 e. The molecule has 0 aliphatic rings. The summed E-state index contributed by atoms with van der Waals surface area (Å²) in [6.07, 6.45) is 2.05. The largest absolute Gasteiger partial charge is 0.354 e. The van der Waals surface area contributed by atoms with Gasteiger partial charge in [0.15, 0.2) is 0 Å². The number of halogens is 2. The highest BCUT2D eigenvalue weighted by Crippen LogP contribution is 2.27. The van der Waals surface area contributed by atoms with E-state index in [9.17, 15) is 18.0 Å². The van der Waals surface area contributed by atoms with Gasteiger partial charge in [-0.1, -0.05) is 61.7 Å². The molecule has 2 aromatic carbocycles. The minimum absolute atomic E-state index is 0.0111. The van der Waals surface area contributed by atoms with Crippen LogP contribution in [0.3, 0.4) is 0 Å². The third-order valence-electron chi connectivity index (χ3n) is 6.22. The number of benzene rings is 2. The fourth-order valence-electron chi connectivity index (χ4n) is 3.95. The lowest BCUT2D eigenvalue weighted by Crippen LogP contribution is -2.53. The number of anilines is 1. The van der Waals surface area contributed by atoms with Crippen LogP contribution in [0.5, 0.6) is 0 Å². The molecule has 0 bridgehead atoms. The van der Waals surface area contributed by atoms with Crippen molar-refractivity contribution in [1.29, 1.82) is 0 Å². The molecule has 0 fully saturated rings. The topological polar surface area (TPSA) is 90.0 Å². The number of amides is 2. The summed E-state index contributed by atoms with van der Waals surface area (Å²) >= 11 is 12.5. The van der Waals surface area contributed by atoms with Crippen LogP contribution in [0.25, 0.3) is 0 Å². The second kappa shape index (κ2) is 14.2. The Morgan fingerprint density at radius 1 is 1.03 bits per heavy atom. The third kappa shape index (κ3) is 8.09. The lowest BCUT2D eigenvalue weighted by Gasteiger charge is -2.34. The molecule has 0 aromatic heterocycles. The van der Waals surface area contributed by atoms with E-state index in [1.807, 2.05) is 32.9 Å². The molecule has 0 aliphatic carbocycles. The number of rotatable bonds is 13. The Morgan fingerprint density at radius 2 is 1.71 bits per heavy atom. The summed E-state index contributed by atoms with van der Waals surface area (Å²) in [6.45, 7) is 7.49. The zero-order valence-corrected chi connectivity index (χ0v) is 25.3. The van der Waals surface area contributed by atoms with Crippen LogP contribution in [0, 0.1) is 13.8 Å². The normalized spacial score (nSPS) is 12.3. The molecule has 0 unspecified atom stereocenters. The molecule has 1 N–H and O–H groups in total. The highest BCUT2D eigenvalue weighted by atomic mass is 35.5. The molecular weight excluding hydrogens is 547 g/mol. The Bertz CT molecular complexity index is 1240. The molecule has 2 rings (SSSR count). The Morgan fingerprint density at radius 3 is 2.29 bits per heavy atom. The van der Waals surface area contributed by atoms with Gasteiger partial charge in [0.1, 0.15) is 12.6 Å². The number of hydrogen-bond donors (Lipinski definition) is 1. The van der Waals surface area contributed by atoms with Gasteiger partial charge in [-0.2, -0.15) is 12.7 Å². The lowest BCUT2D eigenvalue weighted by atomic mass is 10.1. The first-order valence-electron chi connectivity index (χ1n) is 12.6. The highest BCUT2D eigenvalue weighted by molar-refractivity contribution is 7.90. The molecule has 0 spiro atoms. The molecule has 0 heterocycles. The monoisotopic (exact) mass is 584 g/mol. The summed E-state index contributed by atoms with van der Waals surface area (Å²) in [5, 5.41) is 3.70. The number of nitrogens with zero attached hydrogens (tertiary/aromatic N) is 3. The summed E-state index contributed by atoms with van der Waals surface area (Å²) in [5.74, 6) is -0.826. The van der Waals surface area contributed by atoms with Gasteiger partial charge in [0, 0.05) is 37.2 Å². The Kier molecular flexibility index (Phi) is 11.9. The summed E-state index contributed by atoms with van der Waals surface area (Å²) in [7, 11) is -1.21. The minimum atomic E-state index is -4.04. The van der Waals surface area contributed by atoms with E-state index in [0.717, 1.165) is 27.0 Å². The fraction of sp³-hybridized carbons (Fsp3) is 0.481. The van der Waals surface area contributed by atoms with Crippen LogP contribution < -0.4 is 9.62 Å². The van der Waals surface area contributed by atoms with Crippen LogP contribution in [0.1, 0.15) is 49.8 Å². The first-order chi connectivity index (χ1) is 17.8. The van der Waals surface area contributed by atoms with Crippen LogP contribution in [-0.2, 0) is 26.3 Å². The van der Waals surface area contributed by atoms with Gasteiger partial charge in [0.05, 0.1) is 5.69 Å². The van der Waals surface area contributed by atoms with Gasteiger partial charge in [-0.25, -0.2) is 4.31 Å². The first-order valence-corrected chi connectivity index (χ1v) is 14.8. The van der Waals surface area contributed by atoms with Crippen molar-refractivity contribution in [1.82, 2.24) is 14.5 Å². The minimum Gasteiger partial charge on any atom is -0.354 e. The maximum atomic E-state index is 14.0. The second-order valence-electron chi connectivity index (χ2n) is 9.41. The van der Waals surface area contributed by atoms with E-state index in [2.05, 4.69) is 5.32 Å². The van der Waals surface area contributed by atoms with E-state index in [0.29, 0.717) is 39.8 Å². The van der Waals surface area contributed by atoms with Gasteiger partial charge in [0.25, 0.3) is 0 Å². The predicted molar refractivity (Wildman–Crippen MR) is 155 cm³/mol. The number of carbonyl (C=O) groups is 2.